The van der Waals surface area contributed by atoms with Gasteiger partial charge in [-0.05, 0) is 36.4 Å². The van der Waals surface area contributed by atoms with Crippen LogP contribution in [-0.4, -0.2) is 58.0 Å². The molecule has 2 aromatic carbocycles. The van der Waals surface area contributed by atoms with E-state index in [0.717, 1.165) is 0 Å². The van der Waals surface area contributed by atoms with E-state index in [-0.39, 0.29) is 24.0 Å². The van der Waals surface area contributed by atoms with E-state index in [9.17, 15) is 18.0 Å². The van der Waals surface area contributed by atoms with Gasteiger partial charge in [0.15, 0.2) is 6.10 Å². The number of sulfonamides is 1. The van der Waals surface area contributed by atoms with Gasteiger partial charge in [0.2, 0.25) is 15.9 Å². The standard InChI is InChI=1S/C21H23N3O7S/c1-13(25)22-15-7-9-16(10-8-15)32(27,28)24-17-11-29-20-18(12-30-19(17)20)31-21(26)23-14-5-3-2-4-6-14/h2-10,17-20,24H,11-12H2,1H3,(H,22,25)(H,23,26)/t17-,18+,19+,20+/m0/s1. The third kappa shape index (κ3) is 5.07. The van der Waals surface area contributed by atoms with Crippen LogP contribution in [0.25, 0.3) is 0 Å². The minimum Gasteiger partial charge on any atom is -0.441 e. The Kier molecular flexibility index (Phi) is 6.42. The van der Waals surface area contributed by atoms with E-state index in [1.54, 1.807) is 24.3 Å². The van der Waals surface area contributed by atoms with E-state index in [1.165, 1.54) is 31.2 Å². The third-order valence-corrected chi connectivity index (χ3v) is 6.58. The summed E-state index contributed by atoms with van der Waals surface area (Å²) >= 11 is 0. The van der Waals surface area contributed by atoms with E-state index in [2.05, 4.69) is 15.4 Å². The lowest BCUT2D eigenvalue weighted by molar-refractivity contribution is -0.114. The first-order valence-corrected chi connectivity index (χ1v) is 11.5. The number of fused-ring (bicyclic) bond motifs is 1. The van der Waals surface area contributed by atoms with Crippen LogP contribution >= 0.6 is 0 Å². The highest BCUT2D eigenvalue weighted by molar-refractivity contribution is 7.89. The van der Waals surface area contributed by atoms with Gasteiger partial charge in [-0.1, -0.05) is 18.2 Å². The molecule has 2 fully saturated rings. The van der Waals surface area contributed by atoms with E-state index in [1.807, 2.05) is 6.07 Å². The molecular formula is C21H23N3O7S. The van der Waals surface area contributed by atoms with Gasteiger partial charge in [0, 0.05) is 18.3 Å². The van der Waals surface area contributed by atoms with Gasteiger partial charge in [0.05, 0.1) is 24.2 Å². The number of hydrogen-bond donors (Lipinski definition) is 3. The second-order valence-corrected chi connectivity index (χ2v) is 9.18. The summed E-state index contributed by atoms with van der Waals surface area (Å²) in [4.78, 5) is 23.3. The lowest BCUT2D eigenvalue weighted by atomic mass is 10.1. The van der Waals surface area contributed by atoms with Crippen LogP contribution < -0.4 is 15.4 Å². The maximum atomic E-state index is 12.8. The molecule has 170 valence electrons. The highest BCUT2D eigenvalue weighted by atomic mass is 32.2. The fourth-order valence-corrected chi connectivity index (χ4v) is 4.89. The Bertz CT molecular complexity index is 1080. The Morgan fingerprint density at radius 3 is 2.25 bits per heavy atom. The summed E-state index contributed by atoms with van der Waals surface area (Å²) in [6, 6.07) is 14.0. The molecule has 2 aromatic rings. The van der Waals surface area contributed by atoms with Crippen LogP contribution in [0.15, 0.2) is 59.5 Å². The Hall–Kier alpha value is -2.99. The molecule has 0 bridgehead atoms. The zero-order valence-electron chi connectivity index (χ0n) is 17.2. The first kappa shape index (κ1) is 22.2. The quantitative estimate of drug-likeness (QED) is 0.597. The second kappa shape index (κ2) is 9.25. The molecule has 4 atom stereocenters. The largest absolute Gasteiger partial charge is 0.441 e. The van der Waals surface area contributed by atoms with Gasteiger partial charge in [-0.15, -0.1) is 0 Å². The zero-order valence-corrected chi connectivity index (χ0v) is 18.0. The SMILES string of the molecule is CC(=O)Nc1ccc(S(=O)(=O)N[C@H]2CO[C@H]3[C@@H]2OC[C@H]3OC(=O)Nc2ccccc2)cc1. The molecule has 0 unspecified atom stereocenters. The minimum absolute atomic E-state index is 0.0445. The van der Waals surface area contributed by atoms with E-state index >= 15 is 0 Å². The van der Waals surface area contributed by atoms with E-state index < -0.39 is 40.5 Å². The minimum atomic E-state index is -3.85. The topological polar surface area (TPSA) is 132 Å². The molecule has 0 saturated carbocycles. The zero-order chi connectivity index (χ0) is 22.7. The molecule has 0 aromatic heterocycles. The predicted molar refractivity (Wildman–Crippen MR) is 115 cm³/mol. The summed E-state index contributed by atoms with van der Waals surface area (Å²) < 4.78 is 44.9. The number of amides is 2. The highest BCUT2D eigenvalue weighted by Gasteiger charge is 2.50. The number of carbonyl (C=O) groups excluding carboxylic acids is 2. The van der Waals surface area contributed by atoms with Gasteiger partial charge in [0.1, 0.15) is 12.2 Å². The van der Waals surface area contributed by atoms with Crippen LogP contribution in [0.1, 0.15) is 6.92 Å². The van der Waals surface area contributed by atoms with Gasteiger partial charge < -0.3 is 19.5 Å². The number of ether oxygens (including phenoxy) is 3. The normalized spacial score (nSPS) is 24.5. The molecule has 2 heterocycles. The molecule has 3 N–H and O–H groups in total. The van der Waals surface area contributed by atoms with Crippen molar-refractivity contribution < 1.29 is 32.2 Å². The Morgan fingerprint density at radius 2 is 1.56 bits per heavy atom. The molecule has 0 aliphatic carbocycles. The van der Waals surface area contributed by atoms with Crippen molar-refractivity contribution in [1.29, 1.82) is 0 Å². The molecule has 2 aliphatic heterocycles. The number of anilines is 2. The summed E-state index contributed by atoms with van der Waals surface area (Å²) in [5.74, 6) is -0.250. The van der Waals surface area contributed by atoms with Crippen LogP contribution in [0.3, 0.4) is 0 Å². The molecule has 4 rings (SSSR count). The first-order valence-electron chi connectivity index (χ1n) is 9.98. The average molecular weight is 461 g/mol. The number of para-hydroxylation sites is 1. The summed E-state index contributed by atoms with van der Waals surface area (Å²) in [6.07, 6.45) is -2.46. The smallest absolute Gasteiger partial charge is 0.412 e. The molecular weight excluding hydrogens is 438 g/mol. The van der Waals surface area contributed by atoms with Gasteiger partial charge in [-0.3, -0.25) is 10.1 Å². The lowest BCUT2D eigenvalue weighted by Crippen LogP contribution is -2.44. The van der Waals surface area contributed by atoms with Crippen molar-refractivity contribution in [2.24, 2.45) is 0 Å². The fraction of sp³-hybridized carbons (Fsp3) is 0.333. The maximum Gasteiger partial charge on any atom is 0.412 e. The number of benzene rings is 2. The Balaban J connectivity index is 1.35. The number of rotatable bonds is 6. The van der Waals surface area contributed by atoms with Crippen LogP contribution in [0.2, 0.25) is 0 Å². The molecule has 0 radical (unpaired) electrons. The van der Waals surface area contributed by atoms with Gasteiger partial charge in [-0.25, -0.2) is 17.9 Å². The third-order valence-electron chi connectivity index (χ3n) is 5.08. The molecule has 2 aliphatic rings. The van der Waals surface area contributed by atoms with Crippen molar-refractivity contribution in [2.75, 3.05) is 23.8 Å². The van der Waals surface area contributed by atoms with Crippen molar-refractivity contribution in [1.82, 2.24) is 4.72 Å². The molecule has 2 amide bonds. The van der Waals surface area contributed by atoms with E-state index in [0.29, 0.717) is 11.4 Å². The van der Waals surface area contributed by atoms with Crippen LogP contribution in [-0.2, 0) is 29.0 Å². The van der Waals surface area contributed by atoms with E-state index in [4.69, 9.17) is 14.2 Å². The van der Waals surface area contributed by atoms with Gasteiger partial charge in [-0.2, -0.15) is 0 Å². The Labute approximate surface area is 185 Å². The Morgan fingerprint density at radius 1 is 0.906 bits per heavy atom. The predicted octanol–water partition coefficient (Wildman–Crippen LogP) is 1.71. The molecule has 2 saturated heterocycles. The maximum absolute atomic E-state index is 12.8. The second-order valence-electron chi connectivity index (χ2n) is 7.46. The molecule has 32 heavy (non-hydrogen) atoms. The summed E-state index contributed by atoms with van der Waals surface area (Å²) in [6.45, 7) is 1.55. The van der Waals surface area contributed by atoms with Crippen molar-refractivity contribution >= 4 is 33.4 Å². The van der Waals surface area contributed by atoms with Crippen molar-refractivity contribution in [3.63, 3.8) is 0 Å². The van der Waals surface area contributed by atoms with Gasteiger partial charge in [0.25, 0.3) is 0 Å². The van der Waals surface area contributed by atoms with Gasteiger partial charge >= 0.3 is 6.09 Å². The lowest BCUT2D eigenvalue weighted by Gasteiger charge is -2.18. The molecule has 11 heteroatoms. The number of hydrogen-bond acceptors (Lipinski definition) is 7. The van der Waals surface area contributed by atoms with Crippen LogP contribution in [0.5, 0.6) is 0 Å². The molecule has 0 spiro atoms. The fourth-order valence-electron chi connectivity index (χ4n) is 3.66. The summed E-state index contributed by atoms with van der Waals surface area (Å²) in [7, 11) is -3.85. The summed E-state index contributed by atoms with van der Waals surface area (Å²) in [5.41, 5.74) is 1.09. The van der Waals surface area contributed by atoms with Crippen LogP contribution in [0, 0.1) is 0 Å². The van der Waals surface area contributed by atoms with Crippen molar-refractivity contribution in [3.05, 3.63) is 54.6 Å². The van der Waals surface area contributed by atoms with Crippen LogP contribution in [0.4, 0.5) is 16.2 Å². The van der Waals surface area contributed by atoms with Crippen molar-refractivity contribution in [3.8, 4) is 0 Å². The summed E-state index contributed by atoms with van der Waals surface area (Å²) in [5, 5.41) is 5.21. The van der Waals surface area contributed by atoms with Crippen molar-refractivity contribution in [2.45, 2.75) is 36.2 Å². The number of nitrogens with one attached hydrogen (secondary N) is 3. The average Bonchev–Trinajstić information content (AvgIpc) is 3.32. The highest BCUT2D eigenvalue weighted by Crippen LogP contribution is 2.30. The number of carbonyl (C=O) groups is 2. The first-order chi connectivity index (χ1) is 15.3. The monoisotopic (exact) mass is 461 g/mol. The molecule has 10 nitrogen and oxygen atoms in total.